The summed E-state index contributed by atoms with van der Waals surface area (Å²) in [4.78, 5) is 10.8. The average molecular weight is 314 g/mol. The first-order chi connectivity index (χ1) is 8.61. The Labute approximate surface area is 114 Å². The zero-order chi connectivity index (χ0) is 13.1. The third kappa shape index (κ3) is 2.78. The number of hydrogen-bond acceptors (Lipinski definition) is 5. The summed E-state index contributed by atoms with van der Waals surface area (Å²) in [6, 6.07) is 1.99. The fraction of sp³-hybridized carbons (Fsp3) is 0.545. The van der Waals surface area contributed by atoms with Crippen LogP contribution >= 0.6 is 15.9 Å². The van der Waals surface area contributed by atoms with Crippen molar-refractivity contribution in [2.24, 2.45) is 0 Å². The van der Waals surface area contributed by atoms with E-state index in [2.05, 4.69) is 35.9 Å². The van der Waals surface area contributed by atoms with E-state index in [1.807, 2.05) is 20.0 Å². The number of alkyl halides is 1. The highest BCUT2D eigenvalue weighted by atomic mass is 79.9. The second-order valence-corrected chi connectivity index (χ2v) is 5.46. The van der Waals surface area contributed by atoms with Gasteiger partial charge in [-0.1, -0.05) is 15.9 Å². The predicted molar refractivity (Wildman–Crippen MR) is 73.4 cm³/mol. The molecule has 6 nitrogen and oxygen atoms in total. The van der Waals surface area contributed by atoms with Gasteiger partial charge in [0.1, 0.15) is 12.1 Å². The third-order valence-electron chi connectivity index (χ3n) is 2.57. The van der Waals surface area contributed by atoms with E-state index in [-0.39, 0.29) is 4.83 Å². The molecule has 2 rings (SSSR count). The normalized spacial score (nSPS) is 12.9. The standard InChI is InChI=1S/C11H16BrN5O/c1-8-4-10(16(2)5-9(12)6-18-3)17-11(15-8)13-7-14-17/h4,7,9H,5-6H2,1-3H3. The Morgan fingerprint density at radius 3 is 3.06 bits per heavy atom. The molecule has 0 aliphatic rings. The van der Waals surface area contributed by atoms with Gasteiger partial charge in [0.2, 0.25) is 0 Å². The molecule has 2 aromatic heterocycles. The second kappa shape index (κ2) is 5.62. The molecule has 2 heterocycles. The molecule has 0 saturated heterocycles. The number of nitrogens with zero attached hydrogens (tertiary/aromatic N) is 5. The predicted octanol–water partition coefficient (Wildman–Crippen LogP) is 1.28. The van der Waals surface area contributed by atoms with Crippen LogP contribution < -0.4 is 4.90 Å². The Morgan fingerprint density at radius 2 is 2.33 bits per heavy atom. The first kappa shape index (κ1) is 13.2. The fourth-order valence-corrected chi connectivity index (χ4v) is 2.51. The molecule has 0 radical (unpaired) electrons. The Balaban J connectivity index is 2.26. The number of ether oxygens (including phenoxy) is 1. The summed E-state index contributed by atoms with van der Waals surface area (Å²) in [5.74, 6) is 1.59. The highest BCUT2D eigenvalue weighted by Gasteiger charge is 2.13. The molecule has 0 aliphatic heterocycles. The lowest BCUT2D eigenvalue weighted by atomic mass is 10.3. The maximum Gasteiger partial charge on any atom is 0.254 e. The lowest BCUT2D eigenvalue weighted by Crippen LogP contribution is -2.30. The van der Waals surface area contributed by atoms with Crippen molar-refractivity contribution < 1.29 is 4.74 Å². The van der Waals surface area contributed by atoms with Gasteiger partial charge < -0.3 is 9.64 Å². The van der Waals surface area contributed by atoms with Crippen LogP contribution in [0.3, 0.4) is 0 Å². The SMILES string of the molecule is COCC(Br)CN(C)c1cc(C)nc2ncnn12. The minimum atomic E-state index is 0.263. The summed E-state index contributed by atoms with van der Waals surface area (Å²) in [7, 11) is 3.71. The second-order valence-electron chi connectivity index (χ2n) is 4.16. The van der Waals surface area contributed by atoms with Crippen LogP contribution in [0.15, 0.2) is 12.4 Å². The van der Waals surface area contributed by atoms with Crippen molar-refractivity contribution in [1.82, 2.24) is 19.6 Å². The van der Waals surface area contributed by atoms with Crippen LogP contribution in [0, 0.1) is 6.92 Å². The number of fused-ring (bicyclic) bond motifs is 1. The van der Waals surface area contributed by atoms with Gasteiger partial charge in [-0.2, -0.15) is 14.6 Å². The summed E-state index contributed by atoms with van der Waals surface area (Å²) in [5, 5.41) is 4.19. The monoisotopic (exact) mass is 313 g/mol. The highest BCUT2D eigenvalue weighted by Crippen LogP contribution is 2.16. The molecule has 0 spiro atoms. The van der Waals surface area contributed by atoms with Gasteiger partial charge in [0.15, 0.2) is 0 Å². The molecule has 0 bridgehead atoms. The Morgan fingerprint density at radius 1 is 1.56 bits per heavy atom. The summed E-state index contributed by atoms with van der Waals surface area (Å²) in [5.41, 5.74) is 0.926. The lowest BCUT2D eigenvalue weighted by molar-refractivity contribution is 0.201. The van der Waals surface area contributed by atoms with Crippen molar-refractivity contribution in [3.63, 3.8) is 0 Å². The summed E-state index contributed by atoms with van der Waals surface area (Å²) in [6.07, 6.45) is 1.51. The number of aromatic nitrogens is 4. The van der Waals surface area contributed by atoms with Crippen LogP contribution in [0.2, 0.25) is 0 Å². The van der Waals surface area contributed by atoms with Gasteiger partial charge in [-0.3, -0.25) is 0 Å². The van der Waals surface area contributed by atoms with Crippen molar-refractivity contribution in [2.45, 2.75) is 11.8 Å². The van der Waals surface area contributed by atoms with Gasteiger partial charge in [-0.05, 0) is 6.92 Å². The van der Waals surface area contributed by atoms with Crippen molar-refractivity contribution in [1.29, 1.82) is 0 Å². The highest BCUT2D eigenvalue weighted by molar-refractivity contribution is 9.09. The number of hydrogen-bond donors (Lipinski definition) is 0. The molecule has 18 heavy (non-hydrogen) atoms. The number of rotatable bonds is 5. The molecule has 0 N–H and O–H groups in total. The fourth-order valence-electron chi connectivity index (χ4n) is 1.81. The van der Waals surface area contributed by atoms with Crippen LogP contribution in [-0.2, 0) is 4.74 Å². The van der Waals surface area contributed by atoms with Crippen molar-refractivity contribution in [3.05, 3.63) is 18.1 Å². The van der Waals surface area contributed by atoms with E-state index in [4.69, 9.17) is 4.74 Å². The van der Waals surface area contributed by atoms with Crippen LogP contribution in [0.4, 0.5) is 5.82 Å². The molecular weight excluding hydrogens is 298 g/mol. The zero-order valence-electron chi connectivity index (χ0n) is 10.7. The summed E-state index contributed by atoms with van der Waals surface area (Å²) >= 11 is 3.58. The Kier molecular flexibility index (Phi) is 4.13. The molecule has 7 heteroatoms. The molecular formula is C11H16BrN5O. The van der Waals surface area contributed by atoms with Crippen LogP contribution in [0.5, 0.6) is 0 Å². The molecule has 0 aliphatic carbocycles. The van der Waals surface area contributed by atoms with Gasteiger partial charge >= 0.3 is 0 Å². The quantitative estimate of drug-likeness (QED) is 0.778. The van der Waals surface area contributed by atoms with Gasteiger partial charge in [0, 0.05) is 32.5 Å². The van der Waals surface area contributed by atoms with Gasteiger partial charge in [0.25, 0.3) is 5.78 Å². The van der Waals surface area contributed by atoms with E-state index < -0.39 is 0 Å². The minimum Gasteiger partial charge on any atom is -0.383 e. The van der Waals surface area contributed by atoms with E-state index in [1.54, 1.807) is 11.6 Å². The maximum absolute atomic E-state index is 5.12. The first-order valence-corrected chi connectivity index (χ1v) is 6.55. The summed E-state index contributed by atoms with van der Waals surface area (Å²) in [6.45, 7) is 3.42. The Hall–Kier alpha value is -1.21. The van der Waals surface area contributed by atoms with Gasteiger partial charge in [0.05, 0.1) is 11.4 Å². The molecule has 2 aromatic rings. The van der Waals surface area contributed by atoms with E-state index >= 15 is 0 Å². The molecule has 0 fully saturated rings. The molecule has 0 aromatic carbocycles. The van der Waals surface area contributed by atoms with Gasteiger partial charge in [-0.15, -0.1) is 0 Å². The third-order valence-corrected chi connectivity index (χ3v) is 3.13. The molecule has 1 atom stereocenters. The smallest absolute Gasteiger partial charge is 0.254 e. The van der Waals surface area contributed by atoms with Crippen molar-refractivity contribution in [3.8, 4) is 0 Å². The molecule has 0 saturated carbocycles. The lowest BCUT2D eigenvalue weighted by Gasteiger charge is -2.22. The van der Waals surface area contributed by atoms with E-state index in [9.17, 15) is 0 Å². The topological polar surface area (TPSA) is 55.5 Å². The molecule has 1 unspecified atom stereocenters. The van der Waals surface area contributed by atoms with E-state index in [0.29, 0.717) is 12.4 Å². The van der Waals surface area contributed by atoms with Crippen LogP contribution in [0.25, 0.3) is 5.78 Å². The number of anilines is 1. The average Bonchev–Trinajstić information content (AvgIpc) is 2.75. The molecule has 98 valence electrons. The number of methoxy groups -OCH3 is 1. The minimum absolute atomic E-state index is 0.263. The largest absolute Gasteiger partial charge is 0.383 e. The van der Waals surface area contributed by atoms with E-state index in [1.165, 1.54) is 6.33 Å². The maximum atomic E-state index is 5.12. The van der Waals surface area contributed by atoms with Crippen molar-refractivity contribution >= 4 is 27.5 Å². The summed E-state index contributed by atoms with van der Waals surface area (Å²) < 4.78 is 6.85. The van der Waals surface area contributed by atoms with E-state index in [0.717, 1.165) is 18.1 Å². The number of aryl methyl sites for hydroxylation is 1. The molecule has 0 amide bonds. The Bertz CT molecular complexity index is 529. The van der Waals surface area contributed by atoms with Crippen LogP contribution in [-0.4, -0.2) is 51.7 Å². The van der Waals surface area contributed by atoms with Crippen molar-refractivity contribution in [2.75, 3.05) is 32.2 Å². The number of halogens is 1. The zero-order valence-corrected chi connectivity index (χ0v) is 12.3. The van der Waals surface area contributed by atoms with Gasteiger partial charge in [-0.25, -0.2) is 4.98 Å². The first-order valence-electron chi connectivity index (χ1n) is 5.63. The van der Waals surface area contributed by atoms with Crippen LogP contribution in [0.1, 0.15) is 5.69 Å².